The van der Waals surface area contributed by atoms with Gasteiger partial charge in [0.1, 0.15) is 0 Å². The normalized spacial score (nSPS) is 10.5. The van der Waals surface area contributed by atoms with Crippen LogP contribution in [-0.2, 0) is 9.59 Å². The van der Waals surface area contributed by atoms with Gasteiger partial charge in [-0.3, -0.25) is 0 Å². The number of carboxylic acid groups (broad SMARTS) is 2. The van der Waals surface area contributed by atoms with E-state index in [2.05, 4.69) is 13.8 Å². The van der Waals surface area contributed by atoms with Crippen LogP contribution in [0.4, 0.5) is 0 Å². The number of carbonyl (C=O) groups excluding carboxylic acids is 2. The average Bonchev–Trinajstić information content (AvgIpc) is 2.89. The van der Waals surface area contributed by atoms with Gasteiger partial charge in [0.25, 0.3) is 0 Å². The summed E-state index contributed by atoms with van der Waals surface area (Å²) in [5.41, 5.74) is 0. The first-order valence-corrected chi connectivity index (χ1v) is 16.9. The molecule has 0 fully saturated rings. The van der Waals surface area contributed by atoms with Crippen molar-refractivity contribution in [1.82, 2.24) is 0 Å². The van der Waals surface area contributed by atoms with Gasteiger partial charge in [0.05, 0.1) is 0 Å². The topological polar surface area (TPSA) is 80.3 Å². The molecule has 0 saturated carbocycles. The third-order valence-corrected chi connectivity index (χ3v) is 7.47. The first-order valence-electron chi connectivity index (χ1n) is 16.9. The summed E-state index contributed by atoms with van der Waals surface area (Å²) in [4.78, 5) is 20.4. The quantitative estimate of drug-likeness (QED) is 0.0574. The Labute approximate surface area is 261 Å². The van der Waals surface area contributed by atoms with Gasteiger partial charge in [-0.25, -0.2) is 0 Å². The van der Waals surface area contributed by atoms with Gasteiger partial charge in [-0.15, -0.1) is 0 Å². The Morgan fingerprint density at radius 3 is 0.641 bits per heavy atom. The van der Waals surface area contributed by atoms with E-state index in [1.807, 2.05) is 0 Å². The van der Waals surface area contributed by atoms with E-state index in [-0.39, 0.29) is 36.7 Å². The van der Waals surface area contributed by atoms with Crippen LogP contribution in [-0.4, -0.2) is 35.8 Å². The van der Waals surface area contributed by atoms with Gasteiger partial charge in [-0.1, -0.05) is 181 Å². The van der Waals surface area contributed by atoms with Crippen molar-refractivity contribution >= 4 is 35.8 Å². The van der Waals surface area contributed by atoms with E-state index >= 15 is 0 Å². The Kier molecular flexibility index (Phi) is 44.2. The molecule has 232 valence electrons. The Balaban J connectivity index is -0.000000648. The van der Waals surface area contributed by atoms with Crippen LogP contribution in [0, 0.1) is 0 Å². The SMILES string of the molecule is CCCCCCCCCCCCCCCCC(=O)[O-].CCCCCCCCCCCCCCCCC(=O)[O-].[SnH2+2]. The van der Waals surface area contributed by atoms with Gasteiger partial charge in [-0.2, -0.15) is 0 Å². The molecule has 0 N–H and O–H groups in total. The molecular formula is C34H68O4Sn. The molecule has 0 aromatic rings. The summed E-state index contributed by atoms with van der Waals surface area (Å²) in [6.07, 6.45) is 36.8. The van der Waals surface area contributed by atoms with E-state index in [0.29, 0.717) is 0 Å². The first kappa shape index (κ1) is 43.2. The maximum atomic E-state index is 10.2. The van der Waals surface area contributed by atoms with Crippen LogP contribution < -0.4 is 10.2 Å². The summed E-state index contributed by atoms with van der Waals surface area (Å²) in [6.45, 7) is 4.52. The Hall–Kier alpha value is -0.261. The zero-order valence-electron chi connectivity index (χ0n) is 26.6. The molecule has 0 spiro atoms. The van der Waals surface area contributed by atoms with E-state index in [1.54, 1.807) is 0 Å². The predicted molar refractivity (Wildman–Crippen MR) is 168 cm³/mol. The van der Waals surface area contributed by atoms with Crippen LogP contribution >= 0.6 is 0 Å². The number of carboxylic acids is 2. The van der Waals surface area contributed by atoms with Crippen molar-refractivity contribution in [1.29, 1.82) is 0 Å². The summed E-state index contributed by atoms with van der Waals surface area (Å²) in [7, 11) is 0. The molecule has 0 heterocycles. The van der Waals surface area contributed by atoms with Gasteiger partial charge in [0.15, 0.2) is 0 Å². The van der Waals surface area contributed by atoms with Crippen LogP contribution in [0.2, 0.25) is 0 Å². The van der Waals surface area contributed by atoms with Crippen LogP contribution in [0.5, 0.6) is 0 Å². The second-order valence-corrected chi connectivity index (χ2v) is 11.4. The van der Waals surface area contributed by atoms with Crippen LogP contribution in [0.1, 0.15) is 206 Å². The second-order valence-electron chi connectivity index (χ2n) is 11.4. The standard InChI is InChI=1S/2C17H34O2.Sn.2H/c2*1-2-3-4-5-6-7-8-9-10-11-12-13-14-15-16-17(18)19;;;/h2*2-16H2,1H3,(H,18,19);;;/q;;+2;;/p-2. The molecule has 0 saturated heterocycles. The number of unbranched alkanes of at least 4 members (excludes halogenated alkanes) is 26. The molecule has 0 unspecified atom stereocenters. The Morgan fingerprint density at radius 1 is 0.333 bits per heavy atom. The molecule has 39 heavy (non-hydrogen) atoms. The molecule has 0 atom stereocenters. The van der Waals surface area contributed by atoms with E-state index in [1.165, 1.54) is 154 Å². The molecule has 0 aliphatic carbocycles. The summed E-state index contributed by atoms with van der Waals surface area (Å²) >= 11 is 0. The van der Waals surface area contributed by atoms with Gasteiger partial charge in [0, 0.05) is 11.9 Å². The third kappa shape index (κ3) is 47.9. The molecule has 0 amide bonds. The van der Waals surface area contributed by atoms with E-state index in [4.69, 9.17) is 0 Å². The molecular weight excluding hydrogens is 591 g/mol. The summed E-state index contributed by atoms with van der Waals surface area (Å²) in [6, 6.07) is 0. The Bertz CT molecular complexity index is 428. The summed E-state index contributed by atoms with van der Waals surface area (Å²) in [5, 5.41) is 20.4. The Morgan fingerprint density at radius 2 is 0.487 bits per heavy atom. The third-order valence-electron chi connectivity index (χ3n) is 7.47. The first-order chi connectivity index (χ1) is 18.5. The van der Waals surface area contributed by atoms with Crippen molar-refractivity contribution in [3.05, 3.63) is 0 Å². The van der Waals surface area contributed by atoms with Gasteiger partial charge in [0.2, 0.25) is 0 Å². The molecule has 0 aliphatic heterocycles. The van der Waals surface area contributed by atoms with Gasteiger partial charge in [-0.05, 0) is 25.7 Å². The zero-order chi connectivity index (χ0) is 28.4. The molecule has 0 radical (unpaired) electrons. The summed E-state index contributed by atoms with van der Waals surface area (Å²) < 4.78 is 0. The van der Waals surface area contributed by atoms with Crippen molar-refractivity contribution in [3.63, 3.8) is 0 Å². The molecule has 0 aliphatic rings. The van der Waals surface area contributed by atoms with Crippen molar-refractivity contribution in [3.8, 4) is 0 Å². The fraction of sp³-hybridized carbons (Fsp3) is 0.941. The van der Waals surface area contributed by atoms with Crippen molar-refractivity contribution in [2.24, 2.45) is 0 Å². The van der Waals surface area contributed by atoms with E-state index in [9.17, 15) is 19.8 Å². The number of rotatable bonds is 30. The molecule has 0 rings (SSSR count). The van der Waals surface area contributed by atoms with Crippen LogP contribution in [0.15, 0.2) is 0 Å². The van der Waals surface area contributed by atoms with E-state index < -0.39 is 11.9 Å². The molecule has 0 bridgehead atoms. The maximum absolute atomic E-state index is 10.2. The van der Waals surface area contributed by atoms with E-state index in [0.717, 1.165) is 25.7 Å². The van der Waals surface area contributed by atoms with Crippen LogP contribution in [0.3, 0.4) is 0 Å². The number of hydrogen-bond acceptors (Lipinski definition) is 4. The zero-order valence-corrected chi connectivity index (χ0v) is 30.6. The monoisotopic (exact) mass is 660 g/mol. The molecule has 0 aromatic heterocycles. The fourth-order valence-corrected chi connectivity index (χ4v) is 4.93. The molecule has 4 nitrogen and oxygen atoms in total. The summed E-state index contributed by atoms with van der Waals surface area (Å²) in [5.74, 6) is -1.81. The number of aliphatic carboxylic acids is 2. The predicted octanol–water partition coefficient (Wildman–Crippen LogP) is 8.30. The van der Waals surface area contributed by atoms with Crippen molar-refractivity contribution in [2.75, 3.05) is 0 Å². The second kappa shape index (κ2) is 39.9. The fourth-order valence-electron chi connectivity index (χ4n) is 4.93. The average molecular weight is 660 g/mol. The van der Waals surface area contributed by atoms with Gasteiger partial charge >= 0.3 is 23.9 Å². The van der Waals surface area contributed by atoms with Gasteiger partial charge < -0.3 is 19.8 Å². The minimum atomic E-state index is -0.904. The van der Waals surface area contributed by atoms with Crippen molar-refractivity contribution in [2.45, 2.75) is 206 Å². The van der Waals surface area contributed by atoms with Crippen LogP contribution in [0.25, 0.3) is 0 Å². The van der Waals surface area contributed by atoms with Crippen molar-refractivity contribution < 1.29 is 19.8 Å². The number of carbonyl (C=O) groups is 2. The number of hydrogen-bond donors (Lipinski definition) is 0. The minimum absolute atomic E-state index is 0. The molecule has 0 aromatic carbocycles. The molecule has 5 heteroatoms.